The van der Waals surface area contributed by atoms with Gasteiger partial charge in [-0.3, -0.25) is 4.79 Å². The Bertz CT molecular complexity index is 752. The van der Waals surface area contributed by atoms with Crippen LogP contribution in [0.4, 0.5) is 0 Å². The van der Waals surface area contributed by atoms with E-state index in [1.54, 1.807) is 7.11 Å². The van der Waals surface area contributed by atoms with E-state index < -0.39 is 5.41 Å². The number of methoxy groups -OCH3 is 2. The van der Waals surface area contributed by atoms with Crippen LogP contribution >= 0.6 is 0 Å². The summed E-state index contributed by atoms with van der Waals surface area (Å²) in [5, 5.41) is 13.0. The number of hydrogen-bond donors (Lipinski definition) is 1. The van der Waals surface area contributed by atoms with E-state index in [-0.39, 0.29) is 11.4 Å². The maximum atomic E-state index is 12.5. The second-order valence-electron chi connectivity index (χ2n) is 6.96. The Kier molecular flexibility index (Phi) is 3.90. The van der Waals surface area contributed by atoms with E-state index in [2.05, 4.69) is 12.1 Å². The largest absolute Gasteiger partial charge is 0.497 e. The average molecular weight is 329 g/mol. The third-order valence-corrected chi connectivity index (χ3v) is 5.66. The SMILES string of the molecule is COC(=O)[C@@]1(C)CCC[C@@]2(C)C1=CC(=NO)c1ccc(OC)cc12. The molecule has 2 atom stereocenters. The predicted octanol–water partition coefficient (Wildman–Crippen LogP) is 3.43. The number of ether oxygens (including phenoxy) is 2. The second-order valence-corrected chi connectivity index (χ2v) is 6.96. The van der Waals surface area contributed by atoms with Crippen LogP contribution in [0.25, 0.3) is 0 Å². The molecule has 1 aromatic rings. The molecule has 0 saturated heterocycles. The van der Waals surface area contributed by atoms with Crippen LogP contribution in [0, 0.1) is 5.41 Å². The van der Waals surface area contributed by atoms with Crippen LogP contribution in [0.5, 0.6) is 5.75 Å². The summed E-state index contributed by atoms with van der Waals surface area (Å²) in [4.78, 5) is 12.5. The summed E-state index contributed by atoms with van der Waals surface area (Å²) in [7, 11) is 3.05. The zero-order valence-corrected chi connectivity index (χ0v) is 14.5. The molecule has 24 heavy (non-hydrogen) atoms. The van der Waals surface area contributed by atoms with E-state index in [1.165, 1.54) is 7.11 Å². The highest BCUT2D eigenvalue weighted by Crippen LogP contribution is 2.55. The molecule has 0 aliphatic heterocycles. The van der Waals surface area contributed by atoms with Crippen molar-refractivity contribution in [3.8, 4) is 5.75 Å². The summed E-state index contributed by atoms with van der Waals surface area (Å²) in [6.07, 6.45) is 4.41. The molecule has 1 aromatic carbocycles. The van der Waals surface area contributed by atoms with Crippen molar-refractivity contribution in [3.05, 3.63) is 41.0 Å². The quantitative estimate of drug-likeness (QED) is 0.513. The van der Waals surface area contributed by atoms with Crippen LogP contribution in [0.3, 0.4) is 0 Å². The number of carbonyl (C=O) groups excluding carboxylic acids is 1. The summed E-state index contributed by atoms with van der Waals surface area (Å²) in [5.74, 6) is 0.502. The van der Waals surface area contributed by atoms with Gasteiger partial charge in [0.25, 0.3) is 0 Å². The third kappa shape index (κ3) is 2.14. The molecule has 2 aliphatic carbocycles. The molecule has 0 aromatic heterocycles. The van der Waals surface area contributed by atoms with Crippen molar-refractivity contribution in [2.75, 3.05) is 14.2 Å². The van der Waals surface area contributed by atoms with Crippen molar-refractivity contribution in [2.24, 2.45) is 10.6 Å². The minimum Gasteiger partial charge on any atom is -0.497 e. The normalized spacial score (nSPS) is 30.2. The minimum absolute atomic E-state index is 0.247. The van der Waals surface area contributed by atoms with E-state index in [0.717, 1.165) is 41.7 Å². The Morgan fingerprint density at radius 1 is 1.25 bits per heavy atom. The number of esters is 1. The van der Waals surface area contributed by atoms with E-state index in [4.69, 9.17) is 9.47 Å². The van der Waals surface area contributed by atoms with Crippen LogP contribution in [0.2, 0.25) is 0 Å². The fraction of sp³-hybridized carbons (Fsp3) is 0.474. The molecule has 1 N–H and O–H groups in total. The van der Waals surface area contributed by atoms with Crippen molar-refractivity contribution in [1.29, 1.82) is 0 Å². The number of oxime groups is 1. The first-order valence-electron chi connectivity index (χ1n) is 8.12. The lowest BCUT2D eigenvalue weighted by atomic mass is 9.54. The van der Waals surface area contributed by atoms with Gasteiger partial charge in [-0.2, -0.15) is 0 Å². The van der Waals surface area contributed by atoms with Gasteiger partial charge in [0.05, 0.1) is 19.6 Å². The molecule has 0 amide bonds. The van der Waals surface area contributed by atoms with E-state index in [1.807, 2.05) is 31.2 Å². The Morgan fingerprint density at radius 2 is 2.00 bits per heavy atom. The number of fused-ring (bicyclic) bond motifs is 3. The predicted molar refractivity (Wildman–Crippen MR) is 90.7 cm³/mol. The number of carbonyl (C=O) groups is 1. The molecule has 5 heteroatoms. The van der Waals surface area contributed by atoms with Crippen molar-refractivity contribution < 1.29 is 19.5 Å². The van der Waals surface area contributed by atoms with Gasteiger partial charge in [0.15, 0.2) is 0 Å². The summed E-state index contributed by atoms with van der Waals surface area (Å²) in [6, 6.07) is 5.75. The van der Waals surface area contributed by atoms with E-state index in [9.17, 15) is 10.0 Å². The topological polar surface area (TPSA) is 68.1 Å². The number of rotatable bonds is 2. The molecule has 2 aliphatic rings. The fourth-order valence-electron chi connectivity index (χ4n) is 4.34. The molecule has 0 bridgehead atoms. The maximum Gasteiger partial charge on any atom is 0.315 e. The summed E-state index contributed by atoms with van der Waals surface area (Å²) >= 11 is 0. The van der Waals surface area contributed by atoms with Crippen molar-refractivity contribution in [1.82, 2.24) is 0 Å². The number of benzene rings is 1. The molecular weight excluding hydrogens is 306 g/mol. The molecule has 0 radical (unpaired) electrons. The zero-order valence-electron chi connectivity index (χ0n) is 14.5. The molecule has 0 spiro atoms. The maximum absolute atomic E-state index is 12.5. The lowest BCUT2D eigenvalue weighted by Crippen LogP contribution is -2.46. The first-order chi connectivity index (χ1) is 11.4. The molecule has 1 saturated carbocycles. The Labute approximate surface area is 142 Å². The highest BCUT2D eigenvalue weighted by atomic mass is 16.5. The van der Waals surface area contributed by atoms with Crippen molar-refractivity contribution in [3.63, 3.8) is 0 Å². The van der Waals surface area contributed by atoms with Gasteiger partial charge in [-0.15, -0.1) is 0 Å². The Morgan fingerprint density at radius 3 is 2.62 bits per heavy atom. The van der Waals surface area contributed by atoms with E-state index >= 15 is 0 Å². The van der Waals surface area contributed by atoms with Crippen LogP contribution in [-0.2, 0) is 14.9 Å². The fourth-order valence-corrected chi connectivity index (χ4v) is 4.34. The molecule has 0 heterocycles. The summed E-state index contributed by atoms with van der Waals surface area (Å²) in [5.41, 5.74) is 2.27. The third-order valence-electron chi connectivity index (χ3n) is 5.66. The molecule has 128 valence electrons. The number of hydrogen-bond acceptors (Lipinski definition) is 5. The molecular formula is C19H23NO4. The van der Waals surface area contributed by atoms with Crippen LogP contribution < -0.4 is 4.74 Å². The first-order valence-corrected chi connectivity index (χ1v) is 8.12. The Hall–Kier alpha value is -2.30. The smallest absolute Gasteiger partial charge is 0.315 e. The summed E-state index contributed by atoms with van der Waals surface area (Å²) in [6.45, 7) is 4.06. The van der Waals surface area contributed by atoms with E-state index in [0.29, 0.717) is 5.71 Å². The second kappa shape index (κ2) is 5.65. The molecule has 0 unspecified atom stereocenters. The lowest BCUT2D eigenvalue weighted by molar-refractivity contribution is -0.151. The highest BCUT2D eigenvalue weighted by molar-refractivity contribution is 6.12. The standard InChI is InChI=1S/C19H23NO4/c1-18-8-5-9-19(2,17(21)24-4)16(18)11-15(20-22)13-7-6-12(23-3)10-14(13)18/h6-7,10-11,22H,5,8-9H2,1-4H3/t18-,19+/m1/s1. The van der Waals surface area contributed by atoms with Crippen molar-refractivity contribution in [2.45, 2.75) is 38.5 Å². The summed E-state index contributed by atoms with van der Waals surface area (Å²) < 4.78 is 10.5. The zero-order chi connectivity index (χ0) is 17.5. The van der Waals surface area contributed by atoms with Gasteiger partial charge >= 0.3 is 5.97 Å². The monoisotopic (exact) mass is 329 g/mol. The van der Waals surface area contributed by atoms with Gasteiger partial charge in [-0.1, -0.05) is 18.5 Å². The van der Waals surface area contributed by atoms with Crippen molar-refractivity contribution >= 4 is 11.7 Å². The van der Waals surface area contributed by atoms with Gasteiger partial charge < -0.3 is 14.7 Å². The molecule has 3 rings (SSSR count). The highest BCUT2D eigenvalue weighted by Gasteiger charge is 2.52. The van der Waals surface area contributed by atoms with Crippen LogP contribution in [0.1, 0.15) is 44.2 Å². The lowest BCUT2D eigenvalue weighted by Gasteiger charge is -2.48. The van der Waals surface area contributed by atoms with Crippen LogP contribution in [0.15, 0.2) is 35.0 Å². The average Bonchev–Trinajstić information content (AvgIpc) is 2.60. The molecule has 1 fully saturated rings. The van der Waals surface area contributed by atoms with Gasteiger partial charge in [-0.05, 0) is 55.2 Å². The molecule has 5 nitrogen and oxygen atoms in total. The van der Waals surface area contributed by atoms with Crippen LogP contribution in [-0.4, -0.2) is 31.1 Å². The minimum atomic E-state index is -0.724. The number of nitrogens with zero attached hydrogens (tertiary/aromatic N) is 1. The van der Waals surface area contributed by atoms with Gasteiger partial charge in [-0.25, -0.2) is 0 Å². The van der Waals surface area contributed by atoms with Gasteiger partial charge in [0.1, 0.15) is 11.5 Å². The Balaban J connectivity index is 2.26. The number of allylic oxidation sites excluding steroid dienone is 1. The van der Waals surface area contributed by atoms with Gasteiger partial charge in [0, 0.05) is 11.0 Å². The first kappa shape index (κ1) is 16.6. The van der Waals surface area contributed by atoms with Gasteiger partial charge in [0.2, 0.25) is 0 Å².